The van der Waals surface area contributed by atoms with E-state index in [0.717, 1.165) is 35.2 Å². The molecule has 0 radical (unpaired) electrons. The van der Waals surface area contributed by atoms with E-state index in [1.165, 1.54) is 18.4 Å². The molecule has 1 heterocycles. The summed E-state index contributed by atoms with van der Waals surface area (Å²) in [6.45, 7) is -1.01. The topological polar surface area (TPSA) is 135 Å². The van der Waals surface area contributed by atoms with Crippen LogP contribution in [0.5, 0.6) is 0 Å². The normalized spacial score (nSPS) is 17.7. The van der Waals surface area contributed by atoms with Gasteiger partial charge in [-0.3, -0.25) is 4.79 Å². The highest BCUT2D eigenvalue weighted by Gasteiger charge is 2.48. The van der Waals surface area contributed by atoms with Crippen LogP contribution in [-0.4, -0.2) is 65.6 Å². The maximum Gasteiger partial charge on any atom is 0.233 e. The number of hydrogen-bond acceptors (Lipinski definition) is 7. The first-order valence-corrected chi connectivity index (χ1v) is 17.6. The Morgan fingerprint density at radius 3 is 2.02 bits per heavy atom. The van der Waals surface area contributed by atoms with Crippen molar-refractivity contribution < 1.29 is 38.0 Å². The zero-order valence-electron chi connectivity index (χ0n) is 25.7. The molecule has 0 bridgehead atoms. The van der Waals surface area contributed by atoms with Crippen molar-refractivity contribution in [2.45, 2.75) is 69.1 Å². The summed E-state index contributed by atoms with van der Waals surface area (Å²) in [5, 5.41) is 39.5. The van der Waals surface area contributed by atoms with E-state index in [9.17, 15) is 38.0 Å². The molecule has 1 saturated heterocycles. The van der Waals surface area contributed by atoms with Crippen LogP contribution < -0.4 is 4.90 Å². The van der Waals surface area contributed by atoms with Crippen molar-refractivity contribution in [3.8, 4) is 0 Å². The minimum atomic E-state index is -2.98. The van der Waals surface area contributed by atoms with E-state index in [1.807, 2.05) is 48.5 Å². The van der Waals surface area contributed by atoms with Crippen molar-refractivity contribution in [3.05, 3.63) is 101 Å². The molecule has 1 aliphatic heterocycles. The molecule has 8 nitrogen and oxygen atoms in total. The Morgan fingerprint density at radius 1 is 0.867 bits per heavy atom. The van der Waals surface area contributed by atoms with Gasteiger partial charge in [0.2, 0.25) is 5.91 Å². The number of hydrogen-bond donors (Lipinski definition) is 4. The summed E-state index contributed by atoms with van der Waals surface area (Å²) in [6, 6.07) is 21.2. The number of benzene rings is 3. The molecule has 4 rings (SSSR count). The number of rotatable bonds is 17. The average Bonchev–Trinajstić information content (AvgIpc) is 3.02. The Bertz CT molecular complexity index is 1490. The first-order chi connectivity index (χ1) is 21.4. The summed E-state index contributed by atoms with van der Waals surface area (Å²) < 4.78 is 36.2. The lowest BCUT2D eigenvalue weighted by Gasteiger charge is -2.48. The first kappa shape index (κ1) is 34.7. The number of sulfone groups is 1. The van der Waals surface area contributed by atoms with Crippen molar-refractivity contribution in [1.82, 2.24) is 0 Å². The average molecular weight is 642 g/mol. The lowest BCUT2D eigenvalue weighted by Crippen LogP contribution is -2.55. The minimum Gasteiger partial charge on any atom is -0.393 e. The minimum absolute atomic E-state index is 0.0384. The quantitative estimate of drug-likeness (QED) is 0.126. The van der Waals surface area contributed by atoms with E-state index in [1.54, 1.807) is 17.0 Å². The van der Waals surface area contributed by atoms with Gasteiger partial charge in [0.1, 0.15) is 21.3 Å². The number of amides is 1. The summed E-state index contributed by atoms with van der Waals surface area (Å²) in [6.07, 6.45) is 4.78. The fourth-order valence-electron chi connectivity index (χ4n) is 5.92. The van der Waals surface area contributed by atoms with E-state index in [2.05, 4.69) is 0 Å². The third-order valence-electron chi connectivity index (χ3n) is 8.68. The highest BCUT2D eigenvalue weighted by Crippen LogP contribution is 2.46. The molecule has 4 N–H and O–H groups in total. The Morgan fingerprint density at radius 2 is 1.44 bits per heavy atom. The van der Waals surface area contributed by atoms with Gasteiger partial charge in [-0.1, -0.05) is 48.5 Å². The fourth-order valence-corrected chi connectivity index (χ4v) is 6.64. The molecular weight excluding hydrogens is 597 g/mol. The van der Waals surface area contributed by atoms with Gasteiger partial charge >= 0.3 is 0 Å². The van der Waals surface area contributed by atoms with E-state index >= 15 is 0 Å². The lowest BCUT2D eigenvalue weighted by molar-refractivity contribution is -0.131. The van der Waals surface area contributed by atoms with Crippen LogP contribution in [0.25, 0.3) is 0 Å². The standard InChI is InChI=1S/C35H44FNO7S/c1-45(43,44)22-3-2-5-25-9-17-30(18-10-25)37-33(28-11-7-26(8-12-28)6-4-21-35(42,23-38)24-39)31(34(37)41)19-20-32(40)27-13-15-29(36)16-14-27/h7-18,31-33,38-40,42H,2-6,19-24H2,1H3/t31?,32-,33+/m0/s1. The van der Waals surface area contributed by atoms with Crippen LogP contribution in [0.15, 0.2) is 72.8 Å². The van der Waals surface area contributed by atoms with Crippen molar-refractivity contribution in [1.29, 1.82) is 0 Å². The molecule has 1 aliphatic rings. The van der Waals surface area contributed by atoms with Crippen molar-refractivity contribution in [2.75, 3.05) is 30.1 Å². The summed E-state index contributed by atoms with van der Waals surface area (Å²) in [5.74, 6) is -0.607. The Labute approximate surface area is 265 Å². The molecule has 1 fully saturated rings. The van der Waals surface area contributed by atoms with Crippen LogP contribution >= 0.6 is 0 Å². The Balaban J connectivity index is 1.47. The summed E-state index contributed by atoms with van der Waals surface area (Å²) in [4.78, 5) is 15.3. The SMILES string of the molecule is CS(=O)(=O)CCCCc1ccc(N2C(=O)C(CC[C@H](O)c3ccc(F)cc3)[C@H]2c2ccc(CCCC(O)(CO)CO)cc2)cc1. The van der Waals surface area contributed by atoms with Gasteiger partial charge in [-0.25, -0.2) is 12.8 Å². The Hall–Kier alpha value is -3.15. The van der Waals surface area contributed by atoms with Crippen molar-refractivity contribution in [3.63, 3.8) is 0 Å². The zero-order chi connectivity index (χ0) is 32.6. The second-order valence-corrected chi connectivity index (χ2v) is 14.6. The van der Waals surface area contributed by atoms with Gasteiger partial charge in [0, 0.05) is 17.7 Å². The molecule has 0 aromatic heterocycles. The number of carbonyl (C=O) groups is 1. The predicted octanol–water partition coefficient (Wildman–Crippen LogP) is 4.45. The molecule has 244 valence electrons. The first-order valence-electron chi connectivity index (χ1n) is 15.5. The molecule has 0 spiro atoms. The van der Waals surface area contributed by atoms with Crippen molar-refractivity contribution >= 4 is 21.4 Å². The van der Waals surface area contributed by atoms with Gasteiger partial charge in [-0.2, -0.15) is 0 Å². The van der Waals surface area contributed by atoms with E-state index in [4.69, 9.17) is 0 Å². The molecule has 10 heteroatoms. The van der Waals surface area contributed by atoms with Gasteiger partial charge in [-0.05, 0) is 97.9 Å². The highest BCUT2D eigenvalue weighted by molar-refractivity contribution is 7.90. The summed E-state index contributed by atoms with van der Waals surface area (Å²) in [7, 11) is -2.98. The smallest absolute Gasteiger partial charge is 0.233 e. The zero-order valence-corrected chi connectivity index (χ0v) is 26.5. The predicted molar refractivity (Wildman–Crippen MR) is 172 cm³/mol. The molecule has 0 aliphatic carbocycles. The molecule has 1 amide bonds. The molecule has 3 aromatic rings. The van der Waals surface area contributed by atoms with Crippen LogP contribution in [0.3, 0.4) is 0 Å². The summed E-state index contributed by atoms with van der Waals surface area (Å²) in [5.41, 5.74) is 2.90. The number of nitrogens with zero attached hydrogens (tertiary/aromatic N) is 1. The molecule has 45 heavy (non-hydrogen) atoms. The second kappa shape index (κ2) is 15.4. The van der Waals surface area contributed by atoms with Crippen LogP contribution in [0.4, 0.5) is 10.1 Å². The monoisotopic (exact) mass is 641 g/mol. The van der Waals surface area contributed by atoms with E-state index in [-0.39, 0.29) is 35.9 Å². The van der Waals surface area contributed by atoms with Gasteiger partial charge < -0.3 is 25.3 Å². The lowest BCUT2D eigenvalue weighted by atomic mass is 9.78. The molecular formula is C35H44FNO7S. The number of β-lactam (4-membered cyclic amide) rings is 1. The maximum absolute atomic E-state index is 13.6. The van der Waals surface area contributed by atoms with Crippen molar-refractivity contribution in [2.24, 2.45) is 5.92 Å². The van der Waals surface area contributed by atoms with Crippen LogP contribution in [0, 0.1) is 11.7 Å². The number of aliphatic hydroxyl groups excluding tert-OH is 3. The number of carbonyl (C=O) groups excluding carboxylic acids is 1. The largest absolute Gasteiger partial charge is 0.393 e. The number of unbranched alkanes of at least 4 members (excludes halogenated alkanes) is 1. The maximum atomic E-state index is 13.6. The third-order valence-corrected chi connectivity index (χ3v) is 9.71. The molecule has 3 atom stereocenters. The van der Waals surface area contributed by atoms with E-state index in [0.29, 0.717) is 37.7 Å². The highest BCUT2D eigenvalue weighted by atomic mass is 32.2. The second-order valence-electron chi connectivity index (χ2n) is 12.3. The van der Waals surface area contributed by atoms with Gasteiger partial charge in [0.05, 0.1) is 31.3 Å². The number of halogens is 1. The molecule has 3 aromatic carbocycles. The van der Waals surface area contributed by atoms with Crippen LogP contribution in [0.2, 0.25) is 0 Å². The van der Waals surface area contributed by atoms with Gasteiger partial charge in [0.25, 0.3) is 0 Å². The third kappa shape index (κ3) is 9.43. The number of aryl methyl sites for hydroxylation is 2. The number of aliphatic hydroxyl groups is 4. The van der Waals surface area contributed by atoms with E-state index < -0.39 is 34.8 Å². The van der Waals surface area contributed by atoms with Gasteiger partial charge in [-0.15, -0.1) is 0 Å². The van der Waals surface area contributed by atoms with Crippen LogP contribution in [-0.2, 0) is 27.5 Å². The van der Waals surface area contributed by atoms with Gasteiger partial charge in [0.15, 0.2) is 0 Å². The number of anilines is 1. The fraction of sp³-hybridized carbons (Fsp3) is 0.457. The molecule has 0 saturated carbocycles. The summed E-state index contributed by atoms with van der Waals surface area (Å²) >= 11 is 0. The Kier molecular flexibility index (Phi) is 11.9. The molecule has 1 unspecified atom stereocenters. The van der Waals surface area contributed by atoms with Crippen LogP contribution in [0.1, 0.15) is 72.9 Å².